The number of hydrogen-bond donors (Lipinski definition) is 2. The molecule has 28 heavy (non-hydrogen) atoms. The average Bonchev–Trinajstić information content (AvgIpc) is 3.35. The molecule has 0 radical (unpaired) electrons. The second-order valence-corrected chi connectivity index (χ2v) is 7.70. The van der Waals surface area contributed by atoms with Gasteiger partial charge >= 0.3 is 0 Å². The number of halogens is 3. The number of likely N-dealkylation sites (tertiary alicyclic amines) is 1. The molecule has 1 saturated carbocycles. The molecule has 1 heterocycles. The summed E-state index contributed by atoms with van der Waals surface area (Å²) in [7, 11) is 0. The van der Waals surface area contributed by atoms with Gasteiger partial charge in [-0.05, 0) is 45.2 Å². The van der Waals surface area contributed by atoms with Crippen molar-refractivity contribution in [1.82, 2.24) is 15.5 Å². The molecule has 0 spiro atoms. The minimum absolute atomic E-state index is 0. The van der Waals surface area contributed by atoms with Gasteiger partial charge in [0.15, 0.2) is 5.96 Å². The summed E-state index contributed by atoms with van der Waals surface area (Å²) in [6.45, 7) is 11.7. The minimum Gasteiger partial charge on any atom is -0.354 e. The molecule has 2 atom stereocenters. The summed E-state index contributed by atoms with van der Waals surface area (Å²) in [5, 5.41) is 6.87. The third-order valence-electron chi connectivity index (χ3n) is 5.22. The van der Waals surface area contributed by atoms with Crippen molar-refractivity contribution in [3.63, 3.8) is 0 Å². The predicted octanol–water partition coefficient (Wildman–Crippen LogP) is 4.03. The minimum atomic E-state index is -0.462. The first-order valence-corrected chi connectivity index (χ1v) is 9.86. The Morgan fingerprint density at radius 2 is 1.86 bits per heavy atom. The number of hydrogen-bond acceptors (Lipinski definition) is 2. The van der Waals surface area contributed by atoms with Crippen LogP contribution in [-0.4, -0.2) is 49.1 Å². The first-order chi connectivity index (χ1) is 13.0. The summed E-state index contributed by atoms with van der Waals surface area (Å²) in [6.07, 6.45) is 2.82. The molecular weight excluding hydrogens is 473 g/mol. The van der Waals surface area contributed by atoms with Gasteiger partial charge in [-0.3, -0.25) is 9.89 Å². The molecule has 2 fully saturated rings. The number of nitrogens with one attached hydrogen (secondary N) is 2. The van der Waals surface area contributed by atoms with Gasteiger partial charge < -0.3 is 10.6 Å². The topological polar surface area (TPSA) is 39.7 Å². The molecule has 0 bridgehead atoms. The lowest BCUT2D eigenvalue weighted by molar-refractivity contribution is 0.221. The van der Waals surface area contributed by atoms with Gasteiger partial charge in [0.25, 0.3) is 0 Å². The third kappa shape index (κ3) is 6.14. The summed E-state index contributed by atoms with van der Waals surface area (Å²) >= 11 is 0. The van der Waals surface area contributed by atoms with Crippen LogP contribution in [0.3, 0.4) is 0 Å². The zero-order valence-corrected chi connectivity index (χ0v) is 19.0. The Labute approximate surface area is 183 Å². The van der Waals surface area contributed by atoms with E-state index < -0.39 is 11.6 Å². The molecule has 1 aromatic rings. The van der Waals surface area contributed by atoms with Crippen LogP contribution < -0.4 is 10.6 Å². The van der Waals surface area contributed by atoms with E-state index in [1.165, 1.54) is 23.8 Å². The standard InChI is InChI=1S/C21H30F2N4.HI/c1-4-24-21(25-15-8-10-27(11-9-15)13-14(2)3)26-19-12-16(19)20-17(22)6-5-7-18(20)23;/h5-7,15-16,19H,2,4,8-13H2,1,3H3,(H2,24,25,26);1H. The first-order valence-electron chi connectivity index (χ1n) is 9.86. The maximum absolute atomic E-state index is 14.0. The van der Waals surface area contributed by atoms with Gasteiger partial charge in [-0.15, -0.1) is 24.0 Å². The lowest BCUT2D eigenvalue weighted by atomic mass is 10.0. The van der Waals surface area contributed by atoms with Gasteiger partial charge in [-0.1, -0.05) is 18.2 Å². The van der Waals surface area contributed by atoms with Crippen molar-refractivity contribution in [2.24, 2.45) is 4.99 Å². The van der Waals surface area contributed by atoms with Crippen molar-refractivity contribution in [3.8, 4) is 0 Å². The summed E-state index contributed by atoms with van der Waals surface area (Å²) < 4.78 is 28.0. The smallest absolute Gasteiger partial charge is 0.191 e. The van der Waals surface area contributed by atoms with Gasteiger partial charge in [0.05, 0.1) is 0 Å². The Balaban J connectivity index is 0.00000280. The average molecular weight is 504 g/mol. The molecule has 0 aromatic heterocycles. The van der Waals surface area contributed by atoms with Gasteiger partial charge in [-0.25, -0.2) is 8.78 Å². The number of aliphatic imine (C=N–C) groups is 1. The molecule has 4 nitrogen and oxygen atoms in total. The van der Waals surface area contributed by atoms with Gasteiger partial charge in [0.2, 0.25) is 0 Å². The molecule has 2 unspecified atom stereocenters. The van der Waals surface area contributed by atoms with Crippen molar-refractivity contribution in [3.05, 3.63) is 47.5 Å². The van der Waals surface area contributed by atoms with Crippen molar-refractivity contribution >= 4 is 29.9 Å². The van der Waals surface area contributed by atoms with Gasteiger partial charge in [0.1, 0.15) is 11.6 Å². The Kier molecular flexibility index (Phi) is 8.67. The Hall–Kier alpha value is -1.22. The van der Waals surface area contributed by atoms with E-state index in [0.717, 1.165) is 44.9 Å². The molecule has 7 heteroatoms. The fourth-order valence-corrected chi connectivity index (χ4v) is 3.82. The quantitative estimate of drug-likeness (QED) is 0.266. The van der Waals surface area contributed by atoms with E-state index in [1.807, 2.05) is 6.92 Å². The normalized spacial score (nSPS) is 23.1. The number of rotatable bonds is 6. The maximum Gasteiger partial charge on any atom is 0.191 e. The van der Waals surface area contributed by atoms with Crippen LogP contribution in [0, 0.1) is 11.6 Å². The highest BCUT2D eigenvalue weighted by molar-refractivity contribution is 14.0. The summed E-state index contributed by atoms with van der Waals surface area (Å²) in [5.74, 6) is -0.306. The molecule has 2 aliphatic rings. The predicted molar refractivity (Wildman–Crippen MR) is 121 cm³/mol. The van der Waals surface area contributed by atoms with E-state index in [1.54, 1.807) is 0 Å². The molecule has 1 aliphatic heterocycles. The zero-order chi connectivity index (χ0) is 19.4. The van der Waals surface area contributed by atoms with Crippen LogP contribution in [0.2, 0.25) is 0 Å². The Morgan fingerprint density at radius 1 is 1.21 bits per heavy atom. The van der Waals surface area contributed by atoms with Crippen molar-refractivity contribution in [2.45, 2.75) is 51.1 Å². The highest BCUT2D eigenvalue weighted by Crippen LogP contribution is 2.43. The van der Waals surface area contributed by atoms with Crippen LogP contribution in [-0.2, 0) is 0 Å². The molecule has 1 aliphatic carbocycles. The van der Waals surface area contributed by atoms with Crippen LogP contribution in [0.25, 0.3) is 0 Å². The van der Waals surface area contributed by atoms with E-state index >= 15 is 0 Å². The SMILES string of the molecule is C=C(C)CN1CCC(NC(=NCC)NC2CC2c2c(F)cccc2F)CC1.I. The zero-order valence-electron chi connectivity index (χ0n) is 16.7. The fourth-order valence-electron chi connectivity index (χ4n) is 3.82. The Morgan fingerprint density at radius 3 is 2.43 bits per heavy atom. The number of guanidine groups is 1. The Bertz CT molecular complexity index is 681. The van der Waals surface area contributed by atoms with E-state index in [9.17, 15) is 8.78 Å². The third-order valence-corrected chi connectivity index (χ3v) is 5.22. The van der Waals surface area contributed by atoms with Crippen LogP contribution >= 0.6 is 24.0 Å². The van der Waals surface area contributed by atoms with Crippen molar-refractivity contribution in [2.75, 3.05) is 26.2 Å². The lowest BCUT2D eigenvalue weighted by Crippen LogP contribution is -2.49. The summed E-state index contributed by atoms with van der Waals surface area (Å²) in [6, 6.07) is 4.45. The number of nitrogens with zero attached hydrogens (tertiary/aromatic N) is 2. The summed E-state index contributed by atoms with van der Waals surface area (Å²) in [5.41, 5.74) is 1.38. The van der Waals surface area contributed by atoms with Gasteiger partial charge in [-0.2, -0.15) is 0 Å². The highest BCUT2D eigenvalue weighted by atomic mass is 127. The largest absolute Gasteiger partial charge is 0.354 e. The van der Waals surface area contributed by atoms with E-state index in [0.29, 0.717) is 12.6 Å². The monoisotopic (exact) mass is 504 g/mol. The second-order valence-electron chi connectivity index (χ2n) is 7.70. The highest BCUT2D eigenvalue weighted by Gasteiger charge is 2.42. The molecule has 0 amide bonds. The first kappa shape index (κ1) is 23.1. The number of benzene rings is 1. The van der Waals surface area contributed by atoms with E-state index in [4.69, 9.17) is 0 Å². The summed E-state index contributed by atoms with van der Waals surface area (Å²) in [4.78, 5) is 6.94. The molecule has 1 saturated heterocycles. The second kappa shape index (κ2) is 10.5. The molecule has 3 rings (SSSR count). The molecule has 156 valence electrons. The van der Waals surface area contributed by atoms with E-state index in [2.05, 4.69) is 34.0 Å². The van der Waals surface area contributed by atoms with Crippen molar-refractivity contribution < 1.29 is 8.78 Å². The van der Waals surface area contributed by atoms with Crippen LogP contribution in [0.5, 0.6) is 0 Å². The van der Waals surface area contributed by atoms with E-state index in [-0.39, 0.29) is 41.5 Å². The fraction of sp³-hybridized carbons (Fsp3) is 0.571. The lowest BCUT2D eigenvalue weighted by Gasteiger charge is -2.33. The number of piperidine rings is 1. The van der Waals surface area contributed by atoms with Crippen LogP contribution in [0.15, 0.2) is 35.3 Å². The maximum atomic E-state index is 14.0. The van der Waals surface area contributed by atoms with Gasteiger partial charge in [0, 0.05) is 49.7 Å². The van der Waals surface area contributed by atoms with Crippen LogP contribution in [0.1, 0.15) is 44.6 Å². The van der Waals surface area contributed by atoms with Crippen molar-refractivity contribution in [1.29, 1.82) is 0 Å². The van der Waals surface area contributed by atoms with Crippen LogP contribution in [0.4, 0.5) is 8.78 Å². The molecular formula is C21H31F2IN4. The molecule has 1 aromatic carbocycles. The molecule has 2 N–H and O–H groups in total.